The summed E-state index contributed by atoms with van der Waals surface area (Å²) in [5.74, 6) is 0.866. The van der Waals surface area contributed by atoms with Crippen molar-refractivity contribution in [3.63, 3.8) is 0 Å². The van der Waals surface area contributed by atoms with Gasteiger partial charge in [-0.2, -0.15) is 0 Å². The second kappa shape index (κ2) is 36.9. The summed E-state index contributed by atoms with van der Waals surface area (Å²) in [4.78, 5) is 12.7. The Bertz CT molecular complexity index is 542. The highest BCUT2D eigenvalue weighted by molar-refractivity contribution is 5.69. The van der Waals surface area contributed by atoms with Gasteiger partial charge in [-0.25, -0.2) is 0 Å². The number of esters is 1. The molecule has 0 aromatic rings. The topological polar surface area (TPSA) is 26.3 Å². The monoisotopic (exact) mass is 621 g/mol. The molecule has 0 saturated carbocycles. The molecule has 0 bridgehead atoms. The molecule has 0 aliphatic carbocycles. The van der Waals surface area contributed by atoms with E-state index in [9.17, 15) is 4.79 Å². The molecule has 0 spiro atoms. The lowest BCUT2D eigenvalue weighted by Gasteiger charge is -2.18. The van der Waals surface area contributed by atoms with Crippen LogP contribution in [0.5, 0.6) is 0 Å². The summed E-state index contributed by atoms with van der Waals surface area (Å²) in [5.41, 5.74) is 0. The molecule has 0 amide bonds. The average Bonchev–Trinajstić information content (AvgIpc) is 3.00. The van der Waals surface area contributed by atoms with Crippen LogP contribution in [0.15, 0.2) is 0 Å². The van der Waals surface area contributed by atoms with E-state index < -0.39 is 0 Å². The van der Waals surface area contributed by atoms with Gasteiger partial charge in [0.25, 0.3) is 0 Å². The fraction of sp³-hybridized carbons (Fsp3) is 0.976. The van der Waals surface area contributed by atoms with Gasteiger partial charge in [-0.1, -0.05) is 214 Å². The number of carbonyl (C=O) groups excluding carboxylic acids is 1. The van der Waals surface area contributed by atoms with Crippen molar-refractivity contribution in [3.05, 3.63) is 0 Å². The molecule has 2 nitrogen and oxygen atoms in total. The zero-order chi connectivity index (χ0) is 32.2. The van der Waals surface area contributed by atoms with Gasteiger partial charge < -0.3 is 4.74 Å². The molecule has 1 unspecified atom stereocenters. The van der Waals surface area contributed by atoms with Gasteiger partial charge in [0.1, 0.15) is 6.10 Å². The van der Waals surface area contributed by atoms with Crippen LogP contribution in [0.1, 0.15) is 252 Å². The zero-order valence-electron chi connectivity index (χ0n) is 31.2. The summed E-state index contributed by atoms with van der Waals surface area (Å²) in [5, 5.41) is 0. The molecule has 0 aliphatic heterocycles. The van der Waals surface area contributed by atoms with Gasteiger partial charge in [-0.3, -0.25) is 4.79 Å². The van der Waals surface area contributed by atoms with Gasteiger partial charge in [-0.05, 0) is 38.0 Å². The van der Waals surface area contributed by atoms with Crippen LogP contribution in [-0.2, 0) is 9.53 Å². The lowest BCUT2D eigenvalue weighted by Crippen LogP contribution is -2.18. The second-order valence-corrected chi connectivity index (χ2v) is 14.9. The Morgan fingerprint density at radius 3 is 1.00 bits per heavy atom. The van der Waals surface area contributed by atoms with E-state index in [-0.39, 0.29) is 12.1 Å². The van der Waals surface area contributed by atoms with Crippen molar-refractivity contribution in [2.75, 3.05) is 0 Å². The molecule has 0 heterocycles. The Kier molecular flexibility index (Phi) is 36.5. The van der Waals surface area contributed by atoms with E-state index in [0.717, 1.165) is 25.2 Å². The summed E-state index contributed by atoms with van der Waals surface area (Å²) < 4.78 is 6.05. The molecule has 0 rings (SSSR count). The SMILES string of the molecule is CCCCCCCCCCCCCCCCCCCCCC(=O)OC(CCCCCCCCCCC)CCCCCC(C)C. The molecule has 44 heavy (non-hydrogen) atoms. The number of ether oxygens (including phenoxy) is 1. The van der Waals surface area contributed by atoms with E-state index in [0.29, 0.717) is 6.42 Å². The predicted octanol–water partition coefficient (Wildman–Crippen LogP) is 15.2. The number of unbranched alkanes of at least 4 members (excludes halogenated alkanes) is 28. The summed E-state index contributed by atoms with van der Waals surface area (Å²) in [6.45, 7) is 9.22. The lowest BCUT2D eigenvalue weighted by molar-refractivity contribution is -0.150. The van der Waals surface area contributed by atoms with E-state index in [4.69, 9.17) is 4.74 Å². The molecule has 264 valence electrons. The Hall–Kier alpha value is -0.530. The smallest absolute Gasteiger partial charge is 0.306 e. The van der Waals surface area contributed by atoms with Crippen LogP contribution in [0.2, 0.25) is 0 Å². The van der Waals surface area contributed by atoms with E-state index in [1.54, 1.807) is 0 Å². The molecular weight excluding hydrogens is 536 g/mol. The minimum Gasteiger partial charge on any atom is -0.462 e. The first-order chi connectivity index (χ1) is 21.6. The van der Waals surface area contributed by atoms with Gasteiger partial charge in [0.2, 0.25) is 0 Å². The van der Waals surface area contributed by atoms with Crippen molar-refractivity contribution >= 4 is 5.97 Å². The maximum Gasteiger partial charge on any atom is 0.306 e. The minimum atomic E-state index is 0.0695. The van der Waals surface area contributed by atoms with E-state index >= 15 is 0 Å². The molecule has 0 saturated heterocycles. The minimum absolute atomic E-state index is 0.0695. The molecule has 0 radical (unpaired) electrons. The van der Waals surface area contributed by atoms with Gasteiger partial charge in [0.15, 0.2) is 0 Å². The first-order valence-corrected chi connectivity index (χ1v) is 20.8. The van der Waals surface area contributed by atoms with Crippen molar-refractivity contribution in [2.24, 2.45) is 5.92 Å². The van der Waals surface area contributed by atoms with Gasteiger partial charge in [-0.15, -0.1) is 0 Å². The Labute approximate surface area is 279 Å². The third-order valence-electron chi connectivity index (χ3n) is 9.72. The van der Waals surface area contributed by atoms with Gasteiger partial charge in [0.05, 0.1) is 0 Å². The van der Waals surface area contributed by atoms with Crippen molar-refractivity contribution in [1.29, 1.82) is 0 Å². The summed E-state index contributed by atoms with van der Waals surface area (Å²) in [6, 6.07) is 0. The van der Waals surface area contributed by atoms with E-state index in [2.05, 4.69) is 27.7 Å². The van der Waals surface area contributed by atoms with Crippen LogP contribution in [0.4, 0.5) is 0 Å². The Balaban J connectivity index is 3.76. The number of carbonyl (C=O) groups is 1. The van der Waals surface area contributed by atoms with Crippen molar-refractivity contribution in [1.82, 2.24) is 0 Å². The van der Waals surface area contributed by atoms with Gasteiger partial charge in [0, 0.05) is 6.42 Å². The van der Waals surface area contributed by atoms with Crippen molar-refractivity contribution in [2.45, 2.75) is 259 Å². The van der Waals surface area contributed by atoms with Crippen LogP contribution in [0.25, 0.3) is 0 Å². The third-order valence-corrected chi connectivity index (χ3v) is 9.72. The quantitative estimate of drug-likeness (QED) is 0.0510. The zero-order valence-corrected chi connectivity index (χ0v) is 31.2. The molecule has 0 N–H and O–H groups in total. The lowest BCUT2D eigenvalue weighted by atomic mass is 10.00. The summed E-state index contributed by atoms with van der Waals surface area (Å²) >= 11 is 0. The maximum absolute atomic E-state index is 12.7. The highest BCUT2D eigenvalue weighted by Gasteiger charge is 2.14. The average molecular weight is 621 g/mol. The number of hydrogen-bond acceptors (Lipinski definition) is 2. The molecule has 0 fully saturated rings. The highest BCUT2D eigenvalue weighted by Crippen LogP contribution is 2.19. The number of hydrogen-bond donors (Lipinski definition) is 0. The summed E-state index contributed by atoms with van der Waals surface area (Å²) in [6.07, 6.45) is 46.6. The van der Waals surface area contributed by atoms with Crippen LogP contribution in [0, 0.1) is 5.92 Å². The Morgan fingerprint density at radius 2 is 0.659 bits per heavy atom. The van der Waals surface area contributed by atoms with Crippen LogP contribution in [0.3, 0.4) is 0 Å². The molecule has 0 aromatic carbocycles. The Morgan fingerprint density at radius 1 is 0.386 bits per heavy atom. The molecule has 0 aliphatic rings. The first kappa shape index (κ1) is 43.5. The highest BCUT2D eigenvalue weighted by atomic mass is 16.5. The fourth-order valence-corrected chi connectivity index (χ4v) is 6.64. The fourth-order valence-electron chi connectivity index (χ4n) is 6.64. The first-order valence-electron chi connectivity index (χ1n) is 20.8. The number of rotatable bonds is 37. The largest absolute Gasteiger partial charge is 0.462 e. The van der Waals surface area contributed by atoms with Crippen LogP contribution >= 0.6 is 0 Å². The normalized spacial score (nSPS) is 12.3. The second-order valence-electron chi connectivity index (χ2n) is 14.9. The maximum atomic E-state index is 12.7. The van der Waals surface area contributed by atoms with Crippen molar-refractivity contribution in [3.8, 4) is 0 Å². The molecular formula is C42H84O2. The predicted molar refractivity (Wildman–Crippen MR) is 198 cm³/mol. The third kappa shape index (κ3) is 35.9. The molecule has 2 heteroatoms. The van der Waals surface area contributed by atoms with E-state index in [1.807, 2.05) is 0 Å². The van der Waals surface area contributed by atoms with Gasteiger partial charge >= 0.3 is 5.97 Å². The summed E-state index contributed by atoms with van der Waals surface area (Å²) in [7, 11) is 0. The van der Waals surface area contributed by atoms with Crippen molar-refractivity contribution < 1.29 is 9.53 Å². The van der Waals surface area contributed by atoms with Crippen LogP contribution < -0.4 is 0 Å². The van der Waals surface area contributed by atoms with E-state index in [1.165, 1.54) is 199 Å². The molecule has 1 atom stereocenters. The van der Waals surface area contributed by atoms with Crippen LogP contribution in [-0.4, -0.2) is 12.1 Å². The molecule has 0 aromatic heterocycles. The standard InChI is InChI=1S/C42H84O2/c1-5-7-9-11-13-15-16-17-18-19-20-21-22-23-24-26-28-30-35-39-42(43)44-41(38-34-31-32-36-40(3)4)37-33-29-27-25-14-12-10-8-6-2/h40-41H,5-39H2,1-4H3.